The molecule has 1 aliphatic heterocycles. The predicted octanol–water partition coefficient (Wildman–Crippen LogP) is 2.76. The molecule has 148 valence electrons. The Morgan fingerprint density at radius 1 is 1.36 bits per heavy atom. The minimum atomic E-state index is -0.428. The standard InChI is InChI=1S/C22H28N4O2/c1-14(2)26-9-8-18(12-26)16-4-6-17(7-5-16)19-10-20(21(23)24-11-19)22(28)25-15(3)13-27/h4-7,10-11,14,18,27H,3,8-9,12-13H2,1-2H3,(H2,23,24)(H,25,28)/t18-/m0/s1. The van der Waals surface area contributed by atoms with Crippen LogP contribution in [0.2, 0.25) is 0 Å². The Hall–Kier alpha value is -2.70. The van der Waals surface area contributed by atoms with Crippen LogP contribution in [0.3, 0.4) is 0 Å². The van der Waals surface area contributed by atoms with E-state index >= 15 is 0 Å². The van der Waals surface area contributed by atoms with Gasteiger partial charge in [0.05, 0.1) is 12.2 Å². The average Bonchev–Trinajstić information content (AvgIpc) is 3.19. The van der Waals surface area contributed by atoms with Crippen LogP contribution in [0, 0.1) is 0 Å². The first-order valence-corrected chi connectivity index (χ1v) is 9.59. The summed E-state index contributed by atoms with van der Waals surface area (Å²) in [6, 6.07) is 10.7. The highest BCUT2D eigenvalue weighted by molar-refractivity contribution is 6.00. The zero-order chi connectivity index (χ0) is 20.3. The molecule has 0 saturated carbocycles. The van der Waals surface area contributed by atoms with Gasteiger partial charge in [0.2, 0.25) is 0 Å². The van der Waals surface area contributed by atoms with E-state index in [9.17, 15) is 4.79 Å². The number of likely N-dealkylation sites (tertiary alicyclic amines) is 1. The van der Waals surface area contributed by atoms with Crippen molar-refractivity contribution in [3.8, 4) is 11.1 Å². The zero-order valence-electron chi connectivity index (χ0n) is 16.5. The summed E-state index contributed by atoms with van der Waals surface area (Å²) < 4.78 is 0. The van der Waals surface area contributed by atoms with Crippen molar-refractivity contribution in [2.24, 2.45) is 0 Å². The van der Waals surface area contributed by atoms with Crippen molar-refractivity contribution < 1.29 is 9.90 Å². The number of hydrogen-bond donors (Lipinski definition) is 3. The van der Waals surface area contributed by atoms with Crippen LogP contribution >= 0.6 is 0 Å². The van der Waals surface area contributed by atoms with Crippen molar-refractivity contribution in [3.05, 3.63) is 59.9 Å². The third-order valence-corrected chi connectivity index (χ3v) is 5.31. The second-order valence-corrected chi connectivity index (χ2v) is 7.57. The minimum absolute atomic E-state index is 0.142. The van der Waals surface area contributed by atoms with Gasteiger partial charge in [-0.1, -0.05) is 30.8 Å². The Balaban J connectivity index is 1.78. The van der Waals surface area contributed by atoms with Gasteiger partial charge in [0.1, 0.15) is 5.82 Å². The van der Waals surface area contributed by atoms with Gasteiger partial charge in [-0.25, -0.2) is 4.98 Å². The number of carbonyl (C=O) groups excluding carboxylic acids is 1. The van der Waals surface area contributed by atoms with E-state index in [1.165, 1.54) is 12.0 Å². The van der Waals surface area contributed by atoms with Crippen molar-refractivity contribution in [1.82, 2.24) is 15.2 Å². The number of aliphatic hydroxyl groups is 1. The molecule has 0 aliphatic carbocycles. The molecule has 3 rings (SSSR count). The first-order valence-electron chi connectivity index (χ1n) is 9.59. The fraction of sp³-hybridized carbons (Fsp3) is 0.364. The second kappa shape index (κ2) is 8.54. The van der Waals surface area contributed by atoms with E-state index in [0.29, 0.717) is 12.0 Å². The Bertz CT molecular complexity index is 861. The van der Waals surface area contributed by atoms with Crippen LogP contribution in [-0.4, -0.2) is 46.6 Å². The van der Waals surface area contributed by atoms with E-state index < -0.39 is 5.91 Å². The quantitative estimate of drug-likeness (QED) is 0.717. The van der Waals surface area contributed by atoms with Gasteiger partial charge in [-0.3, -0.25) is 4.79 Å². The highest BCUT2D eigenvalue weighted by Gasteiger charge is 2.25. The smallest absolute Gasteiger partial charge is 0.259 e. The van der Waals surface area contributed by atoms with E-state index in [0.717, 1.165) is 24.2 Å². The SMILES string of the molecule is C=C(CO)NC(=O)c1cc(-c2ccc([C@H]3CCN(C(C)C)C3)cc2)cnc1N. The maximum absolute atomic E-state index is 12.3. The molecule has 28 heavy (non-hydrogen) atoms. The summed E-state index contributed by atoms with van der Waals surface area (Å²) in [5.74, 6) is 0.275. The number of nitrogen functional groups attached to an aromatic ring is 1. The van der Waals surface area contributed by atoms with E-state index in [1.54, 1.807) is 12.3 Å². The summed E-state index contributed by atoms with van der Waals surface area (Å²) in [5.41, 5.74) is 9.47. The van der Waals surface area contributed by atoms with Crippen LogP contribution in [0.15, 0.2) is 48.8 Å². The van der Waals surface area contributed by atoms with Gasteiger partial charge in [0.25, 0.3) is 5.91 Å². The molecular formula is C22H28N4O2. The average molecular weight is 380 g/mol. The van der Waals surface area contributed by atoms with Crippen LogP contribution in [0.5, 0.6) is 0 Å². The molecule has 1 aliphatic rings. The van der Waals surface area contributed by atoms with E-state index in [4.69, 9.17) is 10.8 Å². The number of aliphatic hydroxyl groups excluding tert-OH is 1. The summed E-state index contributed by atoms with van der Waals surface area (Å²) in [7, 11) is 0. The molecule has 1 aromatic heterocycles. The summed E-state index contributed by atoms with van der Waals surface area (Å²) in [6.45, 7) is 9.96. The zero-order valence-corrected chi connectivity index (χ0v) is 16.5. The van der Waals surface area contributed by atoms with Crippen LogP contribution < -0.4 is 11.1 Å². The normalized spacial score (nSPS) is 17.1. The van der Waals surface area contributed by atoms with E-state index in [-0.39, 0.29) is 23.7 Å². The van der Waals surface area contributed by atoms with Gasteiger partial charge in [0, 0.05) is 30.0 Å². The van der Waals surface area contributed by atoms with Crippen LogP contribution in [0.25, 0.3) is 11.1 Å². The van der Waals surface area contributed by atoms with Gasteiger partial charge in [-0.15, -0.1) is 0 Å². The Labute approximate surface area is 166 Å². The topological polar surface area (TPSA) is 91.5 Å². The molecule has 2 heterocycles. The van der Waals surface area contributed by atoms with Crippen molar-refractivity contribution in [2.75, 3.05) is 25.4 Å². The highest BCUT2D eigenvalue weighted by atomic mass is 16.3. The number of benzene rings is 1. The van der Waals surface area contributed by atoms with E-state index in [2.05, 4.69) is 59.9 Å². The van der Waals surface area contributed by atoms with Crippen LogP contribution in [-0.2, 0) is 0 Å². The molecule has 1 fully saturated rings. The van der Waals surface area contributed by atoms with Gasteiger partial charge in [0.15, 0.2) is 0 Å². The lowest BCUT2D eigenvalue weighted by Gasteiger charge is -2.20. The molecule has 6 nitrogen and oxygen atoms in total. The largest absolute Gasteiger partial charge is 0.390 e. The fourth-order valence-corrected chi connectivity index (χ4v) is 3.56. The third-order valence-electron chi connectivity index (χ3n) is 5.31. The second-order valence-electron chi connectivity index (χ2n) is 7.57. The van der Waals surface area contributed by atoms with Crippen LogP contribution in [0.1, 0.15) is 42.1 Å². The van der Waals surface area contributed by atoms with Gasteiger partial charge in [-0.05, 0) is 49.9 Å². The predicted molar refractivity (Wildman–Crippen MR) is 112 cm³/mol. The molecule has 6 heteroatoms. The number of amides is 1. The summed E-state index contributed by atoms with van der Waals surface area (Å²) in [5, 5.41) is 11.5. The van der Waals surface area contributed by atoms with Crippen molar-refractivity contribution in [3.63, 3.8) is 0 Å². The minimum Gasteiger partial charge on any atom is -0.390 e. The number of pyridine rings is 1. The summed E-state index contributed by atoms with van der Waals surface area (Å²) in [6.07, 6.45) is 2.85. The monoisotopic (exact) mass is 380 g/mol. The fourth-order valence-electron chi connectivity index (χ4n) is 3.56. The molecule has 1 atom stereocenters. The maximum atomic E-state index is 12.3. The molecule has 0 unspecified atom stereocenters. The lowest BCUT2D eigenvalue weighted by molar-refractivity contribution is 0.0961. The molecular weight excluding hydrogens is 352 g/mol. The Morgan fingerprint density at radius 2 is 2.07 bits per heavy atom. The van der Waals surface area contributed by atoms with Crippen molar-refractivity contribution in [2.45, 2.75) is 32.2 Å². The summed E-state index contributed by atoms with van der Waals surface area (Å²) in [4.78, 5) is 19.0. The number of nitrogens with one attached hydrogen (secondary N) is 1. The van der Waals surface area contributed by atoms with E-state index in [1.807, 2.05) is 0 Å². The van der Waals surface area contributed by atoms with Crippen LogP contribution in [0.4, 0.5) is 5.82 Å². The van der Waals surface area contributed by atoms with Crippen molar-refractivity contribution >= 4 is 11.7 Å². The molecule has 2 aromatic rings. The highest BCUT2D eigenvalue weighted by Crippen LogP contribution is 2.30. The Kier molecular flexibility index (Phi) is 6.11. The molecule has 4 N–H and O–H groups in total. The molecule has 0 radical (unpaired) electrons. The first kappa shape index (κ1) is 20.0. The number of nitrogens with two attached hydrogens (primary N) is 1. The number of hydrogen-bond acceptors (Lipinski definition) is 5. The molecule has 0 spiro atoms. The third kappa shape index (κ3) is 4.40. The lowest BCUT2D eigenvalue weighted by Crippen LogP contribution is -2.27. The number of nitrogens with zero attached hydrogens (tertiary/aromatic N) is 2. The van der Waals surface area contributed by atoms with Gasteiger partial charge in [-0.2, -0.15) is 0 Å². The van der Waals surface area contributed by atoms with Gasteiger partial charge < -0.3 is 21.1 Å². The maximum Gasteiger partial charge on any atom is 0.259 e. The van der Waals surface area contributed by atoms with Crippen molar-refractivity contribution in [1.29, 1.82) is 0 Å². The molecule has 1 amide bonds. The molecule has 0 bridgehead atoms. The number of aromatic nitrogens is 1. The number of rotatable bonds is 6. The molecule has 1 aromatic carbocycles. The first-order chi connectivity index (χ1) is 13.4. The van der Waals surface area contributed by atoms with Gasteiger partial charge >= 0.3 is 0 Å². The lowest BCUT2D eigenvalue weighted by atomic mass is 9.95. The number of anilines is 1. The Morgan fingerprint density at radius 3 is 2.68 bits per heavy atom. The number of carbonyl (C=O) groups is 1. The molecule has 1 saturated heterocycles. The summed E-state index contributed by atoms with van der Waals surface area (Å²) >= 11 is 0.